The number of amides is 1. The summed E-state index contributed by atoms with van der Waals surface area (Å²) in [6.07, 6.45) is 4.14. The van der Waals surface area contributed by atoms with Crippen molar-refractivity contribution >= 4 is 32.7 Å². The minimum Gasteiger partial charge on any atom is -0.434 e. The Labute approximate surface area is 213 Å². The molecule has 3 aromatic rings. The molecule has 1 aliphatic rings. The number of benzene rings is 2. The van der Waals surface area contributed by atoms with E-state index >= 15 is 0 Å². The van der Waals surface area contributed by atoms with E-state index in [9.17, 15) is 27.1 Å². The van der Waals surface area contributed by atoms with Gasteiger partial charge in [-0.05, 0) is 49.4 Å². The molecule has 4 rings (SSSR count). The quantitative estimate of drug-likeness (QED) is 0.447. The monoisotopic (exact) mass is 534 g/mol. The number of carbonyl (C=O) groups excluding carboxylic acids is 1. The SMILES string of the molecule is CC(C)CC1(O)CCN(C(=O)c2ccc(NS(=O)(=O)c3cccc4nccnc34)cc2OC(F)F)CC1. The van der Waals surface area contributed by atoms with Crippen molar-refractivity contribution in [2.75, 3.05) is 17.8 Å². The number of ether oxygens (including phenoxy) is 1. The molecule has 0 spiro atoms. The third kappa shape index (κ3) is 6.13. The summed E-state index contributed by atoms with van der Waals surface area (Å²) < 4.78 is 59.5. The molecule has 198 valence electrons. The van der Waals surface area contributed by atoms with E-state index in [1.54, 1.807) is 6.07 Å². The van der Waals surface area contributed by atoms with E-state index in [4.69, 9.17) is 0 Å². The zero-order valence-electron chi connectivity index (χ0n) is 20.4. The number of halogens is 2. The summed E-state index contributed by atoms with van der Waals surface area (Å²) in [7, 11) is -4.18. The third-order valence-corrected chi connectivity index (χ3v) is 7.61. The standard InChI is InChI=1S/C25H28F2N4O5S/c1-16(2)15-25(33)8-12-31(13-9-25)23(32)18-7-6-17(14-20(18)36-24(26)27)30-37(34,35)21-5-3-4-19-22(21)29-11-10-28-19/h3-7,10-11,14,16,24,30,33H,8-9,12-13,15H2,1-2H3. The molecular formula is C25H28F2N4O5S. The highest BCUT2D eigenvalue weighted by atomic mass is 32.2. The van der Waals surface area contributed by atoms with Gasteiger partial charge in [-0.1, -0.05) is 19.9 Å². The number of aromatic nitrogens is 2. The van der Waals surface area contributed by atoms with Crippen LogP contribution in [-0.4, -0.2) is 59.6 Å². The molecule has 12 heteroatoms. The molecule has 1 fully saturated rings. The maximum Gasteiger partial charge on any atom is 0.387 e. The van der Waals surface area contributed by atoms with Gasteiger partial charge in [0.15, 0.2) is 0 Å². The topological polar surface area (TPSA) is 122 Å². The summed E-state index contributed by atoms with van der Waals surface area (Å²) in [5.74, 6) is -0.711. The summed E-state index contributed by atoms with van der Waals surface area (Å²) in [5.41, 5.74) is -0.557. The molecule has 2 N–H and O–H groups in total. The van der Waals surface area contributed by atoms with Crippen LogP contribution in [0.4, 0.5) is 14.5 Å². The number of likely N-dealkylation sites (tertiary alicyclic amines) is 1. The molecule has 1 saturated heterocycles. The Balaban J connectivity index is 1.58. The third-order valence-electron chi connectivity index (χ3n) is 6.20. The Bertz CT molecular complexity index is 1390. The van der Waals surface area contributed by atoms with Gasteiger partial charge in [0.05, 0.1) is 22.4 Å². The summed E-state index contributed by atoms with van der Waals surface area (Å²) >= 11 is 0. The van der Waals surface area contributed by atoms with Crippen molar-refractivity contribution in [2.45, 2.75) is 50.2 Å². The second kappa shape index (κ2) is 10.5. The number of hydrogen-bond acceptors (Lipinski definition) is 7. The summed E-state index contributed by atoms with van der Waals surface area (Å²) in [4.78, 5) is 22.7. The molecule has 9 nitrogen and oxygen atoms in total. The van der Waals surface area contributed by atoms with Crippen molar-refractivity contribution < 1.29 is 31.8 Å². The number of rotatable bonds is 8. The number of fused-ring (bicyclic) bond motifs is 1. The Kier molecular flexibility index (Phi) is 7.60. The van der Waals surface area contributed by atoms with E-state index in [0.717, 1.165) is 6.07 Å². The molecule has 0 unspecified atom stereocenters. The van der Waals surface area contributed by atoms with Crippen LogP contribution in [-0.2, 0) is 10.0 Å². The summed E-state index contributed by atoms with van der Waals surface area (Å²) in [6.45, 7) is 1.29. The second-order valence-electron chi connectivity index (χ2n) is 9.49. The van der Waals surface area contributed by atoms with Gasteiger partial charge in [0.1, 0.15) is 16.2 Å². The van der Waals surface area contributed by atoms with Crippen LogP contribution in [0.3, 0.4) is 0 Å². The van der Waals surface area contributed by atoms with Gasteiger partial charge in [-0.3, -0.25) is 19.5 Å². The number of para-hydroxylation sites is 1. The Morgan fingerprint density at radius 1 is 1.16 bits per heavy atom. The molecule has 0 saturated carbocycles. The van der Waals surface area contributed by atoms with Crippen molar-refractivity contribution in [1.29, 1.82) is 0 Å². The fourth-order valence-corrected chi connectivity index (χ4v) is 5.83. The summed E-state index contributed by atoms with van der Waals surface area (Å²) in [6, 6.07) is 8.08. The summed E-state index contributed by atoms with van der Waals surface area (Å²) in [5, 5.41) is 10.8. The fraction of sp³-hybridized carbons (Fsp3) is 0.400. The minimum atomic E-state index is -4.18. The molecule has 2 heterocycles. The highest BCUT2D eigenvalue weighted by Crippen LogP contribution is 2.32. The number of hydrogen-bond donors (Lipinski definition) is 2. The normalized spacial score (nSPS) is 15.8. The van der Waals surface area contributed by atoms with Crippen LogP contribution in [0.2, 0.25) is 0 Å². The molecule has 2 aromatic carbocycles. The number of carbonyl (C=O) groups is 1. The maximum atomic E-state index is 13.2. The average Bonchev–Trinajstić information content (AvgIpc) is 2.82. The highest BCUT2D eigenvalue weighted by molar-refractivity contribution is 7.93. The molecule has 1 aromatic heterocycles. The lowest BCUT2D eigenvalue weighted by Gasteiger charge is -2.39. The average molecular weight is 535 g/mol. The van der Waals surface area contributed by atoms with Crippen molar-refractivity contribution in [1.82, 2.24) is 14.9 Å². The molecule has 37 heavy (non-hydrogen) atoms. The zero-order chi connectivity index (χ0) is 26.8. The van der Waals surface area contributed by atoms with Crippen LogP contribution >= 0.6 is 0 Å². The predicted octanol–water partition coefficient (Wildman–Crippen LogP) is 4.05. The minimum absolute atomic E-state index is 0.0713. The van der Waals surface area contributed by atoms with E-state index in [1.807, 2.05) is 13.8 Å². The van der Waals surface area contributed by atoms with Gasteiger partial charge in [0.2, 0.25) is 0 Å². The number of aliphatic hydroxyl groups is 1. The largest absolute Gasteiger partial charge is 0.434 e. The Hall–Kier alpha value is -3.38. The number of anilines is 1. The lowest BCUT2D eigenvalue weighted by atomic mass is 9.84. The molecule has 1 amide bonds. The molecule has 0 bridgehead atoms. The van der Waals surface area contributed by atoms with Crippen molar-refractivity contribution in [2.24, 2.45) is 5.92 Å². The lowest BCUT2D eigenvalue weighted by Crippen LogP contribution is -2.47. The van der Waals surface area contributed by atoms with Crippen LogP contribution in [0.15, 0.2) is 53.7 Å². The first-order valence-electron chi connectivity index (χ1n) is 11.8. The van der Waals surface area contributed by atoms with E-state index < -0.39 is 33.9 Å². The molecule has 0 aliphatic carbocycles. The number of alkyl halides is 2. The van der Waals surface area contributed by atoms with Crippen molar-refractivity contribution in [3.63, 3.8) is 0 Å². The maximum absolute atomic E-state index is 13.2. The van der Waals surface area contributed by atoms with E-state index in [2.05, 4.69) is 19.4 Å². The van der Waals surface area contributed by atoms with Crippen molar-refractivity contribution in [3.8, 4) is 5.75 Å². The van der Waals surface area contributed by atoms with E-state index in [1.165, 1.54) is 41.6 Å². The molecular weight excluding hydrogens is 506 g/mol. The van der Waals surface area contributed by atoms with Gasteiger partial charge in [-0.2, -0.15) is 8.78 Å². The van der Waals surface area contributed by atoms with Gasteiger partial charge >= 0.3 is 6.61 Å². The van der Waals surface area contributed by atoms with Gasteiger partial charge < -0.3 is 14.7 Å². The highest BCUT2D eigenvalue weighted by Gasteiger charge is 2.35. The number of piperidine rings is 1. The number of sulfonamides is 1. The Morgan fingerprint density at radius 2 is 1.86 bits per heavy atom. The van der Waals surface area contributed by atoms with Crippen molar-refractivity contribution in [3.05, 3.63) is 54.4 Å². The lowest BCUT2D eigenvalue weighted by molar-refractivity contribution is -0.0504. The first kappa shape index (κ1) is 26.7. The van der Waals surface area contributed by atoms with Gasteiger partial charge in [0, 0.05) is 31.5 Å². The van der Waals surface area contributed by atoms with Crippen LogP contribution in [0.5, 0.6) is 5.75 Å². The number of nitrogens with zero attached hydrogens (tertiary/aromatic N) is 3. The first-order valence-corrected chi connectivity index (χ1v) is 13.3. The van der Waals surface area contributed by atoms with Crippen LogP contribution < -0.4 is 9.46 Å². The van der Waals surface area contributed by atoms with Gasteiger partial charge in [0.25, 0.3) is 15.9 Å². The molecule has 0 radical (unpaired) electrons. The van der Waals surface area contributed by atoms with E-state index in [-0.39, 0.29) is 40.7 Å². The zero-order valence-corrected chi connectivity index (χ0v) is 21.2. The number of nitrogens with one attached hydrogen (secondary N) is 1. The second-order valence-corrected chi connectivity index (χ2v) is 11.1. The van der Waals surface area contributed by atoms with Gasteiger partial charge in [-0.25, -0.2) is 8.42 Å². The van der Waals surface area contributed by atoms with Crippen LogP contribution in [0, 0.1) is 5.92 Å². The van der Waals surface area contributed by atoms with Crippen LogP contribution in [0.1, 0.15) is 43.5 Å². The first-order chi connectivity index (χ1) is 17.5. The van der Waals surface area contributed by atoms with Gasteiger partial charge in [-0.15, -0.1) is 0 Å². The Morgan fingerprint density at radius 3 is 2.54 bits per heavy atom. The fourth-order valence-electron chi connectivity index (χ4n) is 4.61. The molecule has 0 atom stereocenters. The van der Waals surface area contributed by atoms with Crippen LogP contribution in [0.25, 0.3) is 11.0 Å². The molecule has 1 aliphatic heterocycles. The predicted molar refractivity (Wildman–Crippen MR) is 133 cm³/mol. The smallest absolute Gasteiger partial charge is 0.387 e. The van der Waals surface area contributed by atoms with E-state index in [0.29, 0.717) is 24.8 Å².